The lowest BCUT2D eigenvalue weighted by Gasteiger charge is -1.97. The second-order valence-electron chi connectivity index (χ2n) is 1.88. The molecule has 0 aliphatic heterocycles. The summed E-state index contributed by atoms with van der Waals surface area (Å²) < 4.78 is 23.7. The van der Waals surface area contributed by atoms with Crippen molar-refractivity contribution >= 4 is 15.9 Å². The molecule has 1 aromatic heterocycles. The van der Waals surface area contributed by atoms with Crippen molar-refractivity contribution in [3.05, 3.63) is 23.8 Å². The highest BCUT2D eigenvalue weighted by molar-refractivity contribution is 9.08. The second kappa shape index (κ2) is 3.71. The van der Waals surface area contributed by atoms with Gasteiger partial charge in [-0.1, -0.05) is 15.9 Å². The van der Waals surface area contributed by atoms with Crippen LogP contribution in [0.4, 0.5) is 8.78 Å². The molecule has 0 spiro atoms. The summed E-state index contributed by atoms with van der Waals surface area (Å²) in [6.07, 6.45) is 0.173. The molecule has 0 amide bonds. The third kappa shape index (κ3) is 2.18. The zero-order chi connectivity index (χ0) is 8.27. The van der Waals surface area contributed by atoms with Crippen molar-refractivity contribution < 1.29 is 8.78 Å². The van der Waals surface area contributed by atoms with Crippen LogP contribution in [0.5, 0.6) is 0 Å². The molecule has 0 saturated heterocycles. The van der Waals surface area contributed by atoms with E-state index in [1.165, 1.54) is 12.4 Å². The number of alkyl halides is 3. The number of hydrogen-bond donors (Lipinski definition) is 0. The van der Waals surface area contributed by atoms with Crippen LogP contribution in [0.15, 0.2) is 12.4 Å². The molecule has 1 aromatic rings. The van der Waals surface area contributed by atoms with Gasteiger partial charge in [0, 0.05) is 17.7 Å². The van der Waals surface area contributed by atoms with E-state index in [4.69, 9.17) is 0 Å². The van der Waals surface area contributed by atoms with Crippen LogP contribution < -0.4 is 0 Å². The molecular formula is C6H5BrF2N2. The van der Waals surface area contributed by atoms with Gasteiger partial charge in [-0.25, -0.2) is 18.7 Å². The largest absolute Gasteiger partial charge is 0.297 e. The third-order valence-electron chi connectivity index (χ3n) is 1.07. The van der Waals surface area contributed by atoms with Crippen molar-refractivity contribution in [2.45, 2.75) is 11.8 Å². The zero-order valence-electron chi connectivity index (χ0n) is 5.47. The first-order chi connectivity index (χ1) is 5.24. The van der Waals surface area contributed by atoms with Crippen LogP contribution in [-0.4, -0.2) is 9.97 Å². The average molecular weight is 223 g/mol. The van der Waals surface area contributed by atoms with Crippen LogP contribution in [0.1, 0.15) is 17.8 Å². The summed E-state index contributed by atoms with van der Waals surface area (Å²) in [4.78, 5) is 6.92. The summed E-state index contributed by atoms with van der Waals surface area (Å²) in [7, 11) is 0. The van der Waals surface area contributed by atoms with E-state index in [0.717, 1.165) is 5.56 Å². The van der Waals surface area contributed by atoms with Crippen LogP contribution in [0.2, 0.25) is 0 Å². The van der Waals surface area contributed by atoms with E-state index in [2.05, 4.69) is 25.9 Å². The van der Waals surface area contributed by atoms with Crippen molar-refractivity contribution in [2.24, 2.45) is 0 Å². The van der Waals surface area contributed by atoms with Crippen LogP contribution in [0.25, 0.3) is 0 Å². The lowest BCUT2D eigenvalue weighted by molar-refractivity contribution is 0.140. The highest BCUT2D eigenvalue weighted by atomic mass is 79.9. The maximum atomic E-state index is 11.9. The molecule has 2 nitrogen and oxygen atoms in total. The standard InChI is InChI=1S/C6H5BrF2N2/c7-1-4-2-10-6(5(8)9)11-3-4/h2-3,5H,1H2. The molecule has 0 fully saturated rings. The van der Waals surface area contributed by atoms with Crippen molar-refractivity contribution in [2.75, 3.05) is 0 Å². The predicted molar refractivity (Wildman–Crippen MR) is 39.6 cm³/mol. The fraction of sp³-hybridized carbons (Fsp3) is 0.333. The van der Waals surface area contributed by atoms with Gasteiger partial charge >= 0.3 is 0 Å². The van der Waals surface area contributed by atoms with Gasteiger partial charge < -0.3 is 0 Å². The Hall–Kier alpha value is -0.580. The first kappa shape index (κ1) is 8.52. The molecule has 0 bridgehead atoms. The first-order valence-corrected chi connectivity index (χ1v) is 4.01. The number of aromatic nitrogens is 2. The summed E-state index contributed by atoms with van der Waals surface area (Å²) in [6.45, 7) is 0. The van der Waals surface area contributed by atoms with Gasteiger partial charge in [0.15, 0.2) is 5.82 Å². The molecule has 1 rings (SSSR count). The maximum Gasteiger partial charge on any atom is 0.297 e. The van der Waals surface area contributed by atoms with E-state index in [1.807, 2.05) is 0 Å². The topological polar surface area (TPSA) is 25.8 Å². The zero-order valence-corrected chi connectivity index (χ0v) is 7.05. The van der Waals surface area contributed by atoms with Crippen molar-refractivity contribution in [1.29, 1.82) is 0 Å². The Bertz CT molecular complexity index is 225. The van der Waals surface area contributed by atoms with Crippen molar-refractivity contribution in [1.82, 2.24) is 9.97 Å². The van der Waals surface area contributed by atoms with E-state index >= 15 is 0 Å². The minimum Gasteiger partial charge on any atom is -0.236 e. The van der Waals surface area contributed by atoms with Gasteiger partial charge in [0.2, 0.25) is 0 Å². The summed E-state index contributed by atoms with van der Waals surface area (Å²) in [5.41, 5.74) is 0.786. The van der Waals surface area contributed by atoms with E-state index < -0.39 is 12.2 Å². The molecule has 60 valence electrons. The Morgan fingerprint density at radius 1 is 1.36 bits per heavy atom. The van der Waals surface area contributed by atoms with E-state index in [0.29, 0.717) is 5.33 Å². The summed E-state index contributed by atoms with van der Waals surface area (Å²) in [5.74, 6) is -0.422. The predicted octanol–water partition coefficient (Wildman–Crippen LogP) is 2.31. The monoisotopic (exact) mass is 222 g/mol. The molecule has 0 radical (unpaired) electrons. The SMILES string of the molecule is FC(F)c1ncc(CBr)cn1. The minimum absolute atomic E-state index is 0.422. The second-order valence-corrected chi connectivity index (χ2v) is 2.44. The molecule has 1 heterocycles. The van der Waals surface area contributed by atoms with Gasteiger partial charge in [-0.2, -0.15) is 0 Å². The van der Waals surface area contributed by atoms with Crippen molar-refractivity contribution in [3.8, 4) is 0 Å². The maximum absolute atomic E-state index is 11.9. The Labute approximate surface area is 70.8 Å². The molecule has 0 aliphatic carbocycles. The summed E-state index contributed by atoms with van der Waals surface area (Å²) >= 11 is 3.15. The highest BCUT2D eigenvalue weighted by Gasteiger charge is 2.08. The van der Waals surface area contributed by atoms with Crippen LogP contribution in [-0.2, 0) is 5.33 Å². The first-order valence-electron chi connectivity index (χ1n) is 2.89. The highest BCUT2D eigenvalue weighted by Crippen LogP contribution is 2.13. The normalized spacial score (nSPS) is 10.5. The Kier molecular flexibility index (Phi) is 2.87. The van der Waals surface area contributed by atoms with Gasteiger partial charge in [-0.3, -0.25) is 0 Å². The number of rotatable bonds is 2. The molecule has 0 unspecified atom stereocenters. The Balaban J connectivity index is 2.83. The van der Waals surface area contributed by atoms with Crippen LogP contribution in [0.3, 0.4) is 0 Å². The Morgan fingerprint density at radius 3 is 2.27 bits per heavy atom. The van der Waals surface area contributed by atoms with Gasteiger partial charge in [0.05, 0.1) is 0 Å². The molecule has 5 heteroatoms. The third-order valence-corrected chi connectivity index (χ3v) is 1.72. The van der Waals surface area contributed by atoms with Crippen LogP contribution in [0, 0.1) is 0 Å². The van der Waals surface area contributed by atoms with E-state index in [1.54, 1.807) is 0 Å². The molecule has 0 aliphatic rings. The van der Waals surface area contributed by atoms with Gasteiger partial charge in [0.25, 0.3) is 6.43 Å². The fourth-order valence-electron chi connectivity index (χ4n) is 0.546. The quantitative estimate of drug-likeness (QED) is 0.719. The molecule has 0 N–H and O–H groups in total. The lowest BCUT2D eigenvalue weighted by atomic mass is 10.4. The summed E-state index contributed by atoms with van der Waals surface area (Å²) in [6, 6.07) is 0. The molecule has 0 atom stereocenters. The lowest BCUT2D eigenvalue weighted by Crippen LogP contribution is -1.95. The molecule has 0 saturated carbocycles. The number of halogens is 3. The van der Waals surface area contributed by atoms with E-state index in [9.17, 15) is 8.78 Å². The van der Waals surface area contributed by atoms with Gasteiger partial charge in [0.1, 0.15) is 0 Å². The number of hydrogen-bond acceptors (Lipinski definition) is 2. The van der Waals surface area contributed by atoms with Crippen LogP contribution >= 0.6 is 15.9 Å². The van der Waals surface area contributed by atoms with Gasteiger partial charge in [-0.15, -0.1) is 0 Å². The Morgan fingerprint density at radius 2 is 1.91 bits per heavy atom. The molecule has 11 heavy (non-hydrogen) atoms. The molecular weight excluding hydrogens is 218 g/mol. The average Bonchev–Trinajstić information content (AvgIpc) is 2.05. The summed E-state index contributed by atoms with van der Waals surface area (Å²) in [5, 5.41) is 0.580. The number of nitrogens with zero attached hydrogens (tertiary/aromatic N) is 2. The van der Waals surface area contributed by atoms with Crippen molar-refractivity contribution in [3.63, 3.8) is 0 Å². The van der Waals surface area contributed by atoms with E-state index in [-0.39, 0.29) is 0 Å². The minimum atomic E-state index is -2.58. The fourth-order valence-corrected chi connectivity index (χ4v) is 0.836. The molecule has 0 aromatic carbocycles. The smallest absolute Gasteiger partial charge is 0.236 e. The van der Waals surface area contributed by atoms with Gasteiger partial charge in [-0.05, 0) is 5.56 Å².